The molecule has 1 rings (SSSR count). The molecule has 0 saturated carbocycles. The van der Waals surface area contributed by atoms with Gasteiger partial charge in [-0.25, -0.2) is 0 Å². The Labute approximate surface area is 66.4 Å². The minimum atomic E-state index is -3.01. The first-order valence-electron chi connectivity index (χ1n) is 6.16. The fraction of sp³-hybridized carbons (Fsp3) is 0.333. The number of hydrogen-bond donors (Lipinski definition) is 0. The monoisotopic (exact) mass is 127 g/mol. The van der Waals surface area contributed by atoms with Gasteiger partial charge in [-0.3, -0.25) is 0 Å². The van der Waals surface area contributed by atoms with Crippen LogP contribution in [0.4, 0.5) is 0 Å². The first-order chi connectivity index (χ1) is 7.11. The molecule has 9 heavy (non-hydrogen) atoms. The smallest absolute Gasteiger partial charge is 0.0316 e. The molecule has 0 spiro atoms. The first kappa shape index (κ1) is 1.85. The number of aryl methyl sites for hydroxylation is 1. The van der Waals surface area contributed by atoms with Crippen molar-refractivity contribution < 1.29 is 9.60 Å². The Morgan fingerprint density at radius 3 is 2.89 bits per heavy atom. The Hall–Kier alpha value is -0.780. The summed E-state index contributed by atoms with van der Waals surface area (Å²) in [5.74, 6) is 0. The normalized spacial score (nSPS) is 25.6. The summed E-state index contributed by atoms with van der Waals surface area (Å²) in [5.41, 5.74) is 0.0242. The van der Waals surface area contributed by atoms with Crippen LogP contribution in [0.3, 0.4) is 0 Å². The van der Waals surface area contributed by atoms with Gasteiger partial charge in [0.2, 0.25) is 0 Å². The lowest BCUT2D eigenvalue weighted by atomic mass is 10.1. The molecule has 0 atom stereocenters. The standard InChI is InChI=1S/C9H12/c1-2-6-9-7-4-3-5-8-9/h3-5,7-8H,2,6H2,1H3/i1D3,2D2,6D2. The van der Waals surface area contributed by atoms with Gasteiger partial charge in [-0.2, -0.15) is 0 Å². The van der Waals surface area contributed by atoms with Gasteiger partial charge in [0.1, 0.15) is 0 Å². The van der Waals surface area contributed by atoms with E-state index in [4.69, 9.17) is 9.60 Å². The largest absolute Gasteiger partial charge is 0.0651 e. The highest BCUT2D eigenvalue weighted by atomic mass is 13.9. The van der Waals surface area contributed by atoms with Crippen LogP contribution in [-0.4, -0.2) is 0 Å². The van der Waals surface area contributed by atoms with Crippen LogP contribution >= 0.6 is 0 Å². The summed E-state index contributed by atoms with van der Waals surface area (Å²) in [6, 6.07) is 7.50. The Morgan fingerprint density at radius 1 is 1.44 bits per heavy atom. The third kappa shape index (κ3) is 1.88. The SMILES string of the molecule is [2H]C([2H])([2H])C([2H])([2H])C([2H])([2H])c1ccccc1. The van der Waals surface area contributed by atoms with E-state index in [9.17, 15) is 0 Å². The summed E-state index contributed by atoms with van der Waals surface area (Å²) < 4.78 is 51.4. The average Bonchev–Trinajstić information content (AvgIpc) is 2.17. The van der Waals surface area contributed by atoms with E-state index in [0.29, 0.717) is 0 Å². The van der Waals surface area contributed by atoms with Crippen LogP contribution in [0.1, 0.15) is 28.4 Å². The van der Waals surface area contributed by atoms with Gasteiger partial charge in [-0.1, -0.05) is 43.6 Å². The van der Waals surface area contributed by atoms with Crippen LogP contribution in [-0.2, 0) is 6.37 Å². The van der Waals surface area contributed by atoms with Crippen LogP contribution in [0.2, 0.25) is 0 Å². The van der Waals surface area contributed by atoms with Crippen LogP contribution in [0.25, 0.3) is 0 Å². The van der Waals surface area contributed by atoms with E-state index in [1.807, 2.05) is 0 Å². The van der Waals surface area contributed by atoms with Gasteiger partial charge in [0.05, 0.1) is 0 Å². The Balaban J connectivity index is 3.22. The predicted octanol–water partition coefficient (Wildman–Crippen LogP) is 2.64. The maximum absolute atomic E-state index is 7.66. The summed E-state index contributed by atoms with van der Waals surface area (Å²) >= 11 is 0. The molecule has 0 bridgehead atoms. The molecule has 0 N–H and O–H groups in total. The van der Waals surface area contributed by atoms with Crippen LogP contribution < -0.4 is 0 Å². The number of benzene rings is 1. The fourth-order valence-electron chi connectivity index (χ4n) is 0.594. The average molecular weight is 127 g/mol. The van der Waals surface area contributed by atoms with Crippen LogP contribution in [0.5, 0.6) is 0 Å². The maximum Gasteiger partial charge on any atom is 0.0316 e. The van der Waals surface area contributed by atoms with Gasteiger partial charge in [0.25, 0.3) is 0 Å². The van der Waals surface area contributed by atoms with Crippen molar-refractivity contribution >= 4 is 0 Å². The molecule has 0 nitrogen and oxygen atoms in total. The quantitative estimate of drug-likeness (QED) is 0.573. The zero-order valence-corrected chi connectivity index (χ0v) is 4.89. The number of rotatable bonds is 2. The van der Waals surface area contributed by atoms with Gasteiger partial charge in [0.15, 0.2) is 0 Å². The second-order valence-electron chi connectivity index (χ2n) is 1.62. The van der Waals surface area contributed by atoms with Gasteiger partial charge in [0, 0.05) is 9.60 Å². The third-order valence-electron chi connectivity index (χ3n) is 0.981. The second kappa shape index (κ2) is 3.29. The minimum Gasteiger partial charge on any atom is -0.0651 e. The minimum absolute atomic E-state index is 0.0242. The molecule has 0 amide bonds. The van der Waals surface area contributed by atoms with Crippen molar-refractivity contribution in [2.75, 3.05) is 0 Å². The van der Waals surface area contributed by atoms with E-state index >= 15 is 0 Å². The lowest BCUT2D eigenvalue weighted by Crippen LogP contribution is -1.78. The molecule has 0 aliphatic rings. The second-order valence-corrected chi connectivity index (χ2v) is 1.62. The zero-order valence-electron chi connectivity index (χ0n) is 11.9. The van der Waals surface area contributed by atoms with Crippen molar-refractivity contribution in [3.05, 3.63) is 35.9 Å². The van der Waals surface area contributed by atoms with Crippen molar-refractivity contribution in [3.8, 4) is 0 Å². The summed E-state index contributed by atoms with van der Waals surface area (Å²) in [4.78, 5) is 0. The van der Waals surface area contributed by atoms with Crippen molar-refractivity contribution in [1.82, 2.24) is 0 Å². The molecule has 0 saturated heterocycles. The van der Waals surface area contributed by atoms with Gasteiger partial charge < -0.3 is 0 Å². The van der Waals surface area contributed by atoms with Gasteiger partial charge in [-0.05, 0) is 11.9 Å². The molecule has 1 aromatic rings. The Morgan fingerprint density at radius 2 is 2.22 bits per heavy atom. The third-order valence-corrected chi connectivity index (χ3v) is 0.981. The van der Waals surface area contributed by atoms with E-state index in [1.165, 1.54) is 12.1 Å². The molecule has 0 aromatic heterocycles. The molecule has 1 aromatic carbocycles. The molecule has 0 unspecified atom stereocenters. The Bertz CT molecular complexity index is 352. The molecular weight excluding hydrogens is 108 g/mol. The lowest BCUT2D eigenvalue weighted by Gasteiger charge is -1.93. The zero-order chi connectivity index (χ0) is 12.6. The highest BCUT2D eigenvalue weighted by Gasteiger charge is 1.84. The molecule has 0 aliphatic heterocycles. The van der Waals surface area contributed by atoms with Crippen molar-refractivity contribution in [2.45, 2.75) is 19.6 Å². The molecule has 0 fully saturated rings. The summed E-state index contributed by atoms with van der Waals surface area (Å²) in [6.07, 6.45) is -5.49. The van der Waals surface area contributed by atoms with E-state index in [0.717, 1.165) is 0 Å². The highest BCUT2D eigenvalue weighted by Crippen LogP contribution is 2.00. The topological polar surface area (TPSA) is 0 Å². The van der Waals surface area contributed by atoms with E-state index in [-0.39, 0.29) is 5.56 Å². The highest BCUT2D eigenvalue weighted by molar-refractivity contribution is 5.14. The van der Waals surface area contributed by atoms with Gasteiger partial charge in [-0.15, -0.1) is 0 Å². The van der Waals surface area contributed by atoms with Crippen molar-refractivity contribution in [2.24, 2.45) is 0 Å². The number of hydrogen-bond acceptors (Lipinski definition) is 0. The Kier molecular flexibility index (Phi) is 0.675. The predicted molar refractivity (Wildman–Crippen MR) is 40.4 cm³/mol. The van der Waals surface area contributed by atoms with Crippen LogP contribution in [0.15, 0.2) is 30.3 Å². The fourth-order valence-corrected chi connectivity index (χ4v) is 0.594. The first-order valence-corrected chi connectivity index (χ1v) is 2.66. The summed E-state index contributed by atoms with van der Waals surface area (Å²) in [5, 5.41) is 0. The molecule has 48 valence electrons. The molecule has 0 heterocycles. The molecule has 0 heteroatoms. The van der Waals surface area contributed by atoms with E-state index in [1.54, 1.807) is 18.2 Å². The van der Waals surface area contributed by atoms with E-state index in [2.05, 4.69) is 0 Å². The molecular formula is C9H12. The summed E-state index contributed by atoms with van der Waals surface area (Å²) in [7, 11) is 0. The van der Waals surface area contributed by atoms with Crippen molar-refractivity contribution in [1.29, 1.82) is 0 Å². The van der Waals surface area contributed by atoms with Gasteiger partial charge >= 0.3 is 0 Å². The lowest BCUT2D eigenvalue weighted by molar-refractivity contribution is 0.922. The van der Waals surface area contributed by atoms with Crippen molar-refractivity contribution in [3.63, 3.8) is 0 Å². The maximum atomic E-state index is 7.66. The molecule has 0 aliphatic carbocycles. The van der Waals surface area contributed by atoms with E-state index < -0.39 is 19.6 Å². The van der Waals surface area contributed by atoms with Crippen LogP contribution in [0, 0.1) is 0 Å². The molecule has 0 radical (unpaired) electrons. The summed E-state index contributed by atoms with van der Waals surface area (Å²) in [6.45, 7) is -3.01.